The van der Waals surface area contributed by atoms with Crippen molar-refractivity contribution in [1.29, 1.82) is 0 Å². The minimum absolute atomic E-state index is 0.177. The predicted octanol–water partition coefficient (Wildman–Crippen LogP) is 3.22. The maximum Gasteiger partial charge on any atom is 0.139 e. The molecule has 148 valence electrons. The van der Waals surface area contributed by atoms with Gasteiger partial charge in [-0.15, -0.1) is 0 Å². The maximum absolute atomic E-state index is 12.5. The summed E-state index contributed by atoms with van der Waals surface area (Å²) in [4.78, 5) is 21.3. The van der Waals surface area contributed by atoms with Crippen LogP contribution >= 0.6 is 0 Å². The van der Waals surface area contributed by atoms with E-state index in [1.807, 2.05) is 61.6 Å². The Morgan fingerprint density at radius 2 is 1.93 bits per heavy atom. The summed E-state index contributed by atoms with van der Waals surface area (Å²) in [6, 6.07) is 5.84. The van der Waals surface area contributed by atoms with E-state index >= 15 is 0 Å². The number of carbonyl (C=O) groups is 1. The van der Waals surface area contributed by atoms with Crippen molar-refractivity contribution in [2.75, 3.05) is 0 Å². The molecule has 7 nitrogen and oxygen atoms in total. The lowest BCUT2D eigenvalue weighted by Gasteiger charge is -2.05. The van der Waals surface area contributed by atoms with E-state index in [4.69, 9.17) is 0 Å². The smallest absolute Gasteiger partial charge is 0.139 e. The molecule has 0 amide bonds. The molecule has 0 aliphatic heterocycles. The normalized spacial score (nSPS) is 11.3. The number of Topliss-reactive ketones (excluding diaryl/α,β-unsaturated/α-hetero) is 1. The van der Waals surface area contributed by atoms with E-state index in [9.17, 15) is 4.79 Å². The molecule has 29 heavy (non-hydrogen) atoms. The molecule has 0 N–H and O–H groups in total. The predicted molar refractivity (Wildman–Crippen MR) is 111 cm³/mol. The van der Waals surface area contributed by atoms with Gasteiger partial charge in [-0.1, -0.05) is 0 Å². The highest BCUT2D eigenvalue weighted by Gasteiger charge is 2.13. The van der Waals surface area contributed by atoms with Gasteiger partial charge >= 0.3 is 0 Å². The fourth-order valence-corrected chi connectivity index (χ4v) is 3.67. The molecule has 4 aromatic rings. The van der Waals surface area contributed by atoms with Crippen LogP contribution in [0.1, 0.15) is 34.8 Å². The highest BCUT2D eigenvalue weighted by atomic mass is 16.1. The molecule has 0 aromatic carbocycles. The van der Waals surface area contributed by atoms with E-state index in [1.165, 1.54) is 0 Å². The molecule has 4 rings (SSSR count). The van der Waals surface area contributed by atoms with Crippen molar-refractivity contribution >= 4 is 16.7 Å². The van der Waals surface area contributed by atoms with Gasteiger partial charge in [-0.2, -0.15) is 10.2 Å². The largest absolute Gasteiger partial charge is 0.299 e. The zero-order valence-corrected chi connectivity index (χ0v) is 17.2. The van der Waals surface area contributed by atoms with E-state index in [-0.39, 0.29) is 5.78 Å². The topological polar surface area (TPSA) is 78.5 Å². The third-order valence-electron chi connectivity index (χ3n) is 5.33. The van der Waals surface area contributed by atoms with Crippen LogP contribution < -0.4 is 0 Å². The summed E-state index contributed by atoms with van der Waals surface area (Å²) in [7, 11) is 1.93. The van der Waals surface area contributed by atoms with Crippen molar-refractivity contribution in [1.82, 2.24) is 29.5 Å². The first-order valence-corrected chi connectivity index (χ1v) is 9.69. The van der Waals surface area contributed by atoms with Gasteiger partial charge in [-0.3, -0.25) is 19.4 Å². The number of nitrogens with zero attached hydrogens (tertiary/aromatic N) is 6. The molecule has 0 aliphatic rings. The maximum atomic E-state index is 12.5. The molecular weight excluding hydrogens is 364 g/mol. The second-order valence-corrected chi connectivity index (χ2v) is 7.43. The zero-order chi connectivity index (χ0) is 20.5. The summed E-state index contributed by atoms with van der Waals surface area (Å²) in [5.41, 5.74) is 6.84. The monoisotopic (exact) mass is 388 g/mol. The molecule has 0 atom stereocenters. The van der Waals surface area contributed by atoms with Gasteiger partial charge in [0, 0.05) is 48.6 Å². The third kappa shape index (κ3) is 3.81. The molecule has 0 unspecified atom stereocenters. The lowest BCUT2D eigenvalue weighted by atomic mass is 10.0. The van der Waals surface area contributed by atoms with Crippen molar-refractivity contribution in [3.63, 3.8) is 0 Å². The van der Waals surface area contributed by atoms with Crippen molar-refractivity contribution in [2.45, 2.75) is 40.0 Å². The van der Waals surface area contributed by atoms with Gasteiger partial charge in [0.05, 0.1) is 29.3 Å². The number of aromatic nitrogens is 6. The molecule has 4 heterocycles. The van der Waals surface area contributed by atoms with Crippen molar-refractivity contribution in [2.24, 2.45) is 7.05 Å². The van der Waals surface area contributed by atoms with Crippen LogP contribution in [0.4, 0.5) is 0 Å². The second kappa shape index (κ2) is 7.58. The summed E-state index contributed by atoms with van der Waals surface area (Å²) < 4.78 is 3.71. The van der Waals surface area contributed by atoms with Gasteiger partial charge in [0.2, 0.25) is 0 Å². The summed E-state index contributed by atoms with van der Waals surface area (Å²) in [6.45, 7) is 5.98. The van der Waals surface area contributed by atoms with Crippen LogP contribution in [0.3, 0.4) is 0 Å². The second-order valence-electron chi connectivity index (χ2n) is 7.43. The average Bonchev–Trinajstić information content (AvgIpc) is 3.21. The Bertz CT molecular complexity index is 1200. The average molecular weight is 388 g/mol. The van der Waals surface area contributed by atoms with E-state index in [0.717, 1.165) is 44.9 Å². The third-order valence-corrected chi connectivity index (χ3v) is 5.33. The summed E-state index contributed by atoms with van der Waals surface area (Å²) in [6.07, 6.45) is 6.89. The fraction of sp³-hybridized carbons (Fsp3) is 0.318. The Labute approximate surface area is 169 Å². The van der Waals surface area contributed by atoms with E-state index in [2.05, 4.69) is 20.2 Å². The number of hydrogen-bond acceptors (Lipinski definition) is 5. The highest BCUT2D eigenvalue weighted by molar-refractivity contribution is 5.84. The first-order valence-electron chi connectivity index (χ1n) is 9.69. The number of fused-ring (bicyclic) bond motifs is 1. The van der Waals surface area contributed by atoms with Crippen LogP contribution in [0.25, 0.3) is 16.6 Å². The van der Waals surface area contributed by atoms with E-state index in [0.29, 0.717) is 19.3 Å². The van der Waals surface area contributed by atoms with Gasteiger partial charge in [0.1, 0.15) is 5.78 Å². The lowest BCUT2D eigenvalue weighted by molar-refractivity contribution is -0.118. The van der Waals surface area contributed by atoms with E-state index in [1.54, 1.807) is 12.4 Å². The number of aryl methyl sites for hydroxylation is 3. The SMILES string of the molecule is Cc1cc(-n2ncc3cc(CC(=O)CCc4c(C)nn(C)c4C)ncc32)ccn1. The molecule has 0 aliphatic carbocycles. The lowest BCUT2D eigenvalue weighted by Crippen LogP contribution is -2.07. The first-order chi connectivity index (χ1) is 13.9. The molecule has 7 heteroatoms. The summed E-state index contributed by atoms with van der Waals surface area (Å²) in [5.74, 6) is 0.177. The molecule has 4 aromatic heterocycles. The van der Waals surface area contributed by atoms with Gasteiger partial charge in [-0.05, 0) is 51.0 Å². The van der Waals surface area contributed by atoms with Gasteiger partial charge in [0.15, 0.2) is 0 Å². The molecule has 0 bridgehead atoms. The van der Waals surface area contributed by atoms with Crippen molar-refractivity contribution in [3.8, 4) is 5.69 Å². The van der Waals surface area contributed by atoms with Crippen LogP contribution in [0.2, 0.25) is 0 Å². The molecule has 0 fully saturated rings. The Hall–Kier alpha value is -3.35. The molecule has 0 saturated heterocycles. The van der Waals surface area contributed by atoms with Crippen molar-refractivity contribution < 1.29 is 4.79 Å². The molecular formula is C22H24N6O. The first kappa shape index (κ1) is 19.0. The number of hydrogen-bond donors (Lipinski definition) is 0. The standard InChI is InChI=1S/C22H24N6O/c1-14-9-19(7-8-23-14)28-22-13-24-18(10-17(22)12-25-28)11-20(29)5-6-21-15(2)26-27(4)16(21)3/h7-10,12-13H,5-6,11H2,1-4H3. The minimum Gasteiger partial charge on any atom is -0.299 e. The van der Waals surface area contributed by atoms with Gasteiger partial charge in [0.25, 0.3) is 0 Å². The number of carbonyl (C=O) groups excluding carboxylic acids is 1. The van der Waals surface area contributed by atoms with Crippen LogP contribution in [0.15, 0.2) is 36.8 Å². The van der Waals surface area contributed by atoms with Gasteiger partial charge < -0.3 is 0 Å². The van der Waals surface area contributed by atoms with Crippen LogP contribution in [-0.4, -0.2) is 35.3 Å². The summed E-state index contributed by atoms with van der Waals surface area (Å²) >= 11 is 0. The fourth-order valence-electron chi connectivity index (χ4n) is 3.67. The number of ketones is 1. The Morgan fingerprint density at radius 1 is 1.10 bits per heavy atom. The number of pyridine rings is 2. The quantitative estimate of drug-likeness (QED) is 0.507. The van der Waals surface area contributed by atoms with Crippen LogP contribution in [0.5, 0.6) is 0 Å². The minimum atomic E-state index is 0.177. The van der Waals surface area contributed by atoms with E-state index < -0.39 is 0 Å². The molecule has 0 spiro atoms. The Morgan fingerprint density at radius 3 is 2.66 bits per heavy atom. The summed E-state index contributed by atoms with van der Waals surface area (Å²) in [5, 5.41) is 9.87. The van der Waals surface area contributed by atoms with Gasteiger partial charge in [-0.25, -0.2) is 4.68 Å². The zero-order valence-electron chi connectivity index (χ0n) is 17.2. The molecule has 0 radical (unpaired) electrons. The van der Waals surface area contributed by atoms with Crippen LogP contribution in [0, 0.1) is 20.8 Å². The highest BCUT2D eigenvalue weighted by Crippen LogP contribution is 2.19. The van der Waals surface area contributed by atoms with Crippen molar-refractivity contribution in [3.05, 3.63) is 65.1 Å². The van der Waals surface area contributed by atoms with Crippen LogP contribution in [-0.2, 0) is 24.7 Å². The Kier molecular flexibility index (Phi) is 4.96. The number of rotatable bonds is 6. The molecule has 0 saturated carbocycles. The Balaban J connectivity index is 1.48.